The van der Waals surface area contributed by atoms with Crippen LogP contribution in [0.15, 0.2) is 24.3 Å². The number of hydrogen-bond donors (Lipinski definition) is 1. The molecule has 86 valence electrons. The first kappa shape index (κ1) is 11.5. The smallest absolute Gasteiger partial charge is 0.223 e. The van der Waals surface area contributed by atoms with E-state index in [2.05, 4.69) is 0 Å². The first-order chi connectivity index (χ1) is 7.62. The van der Waals surface area contributed by atoms with Crippen LogP contribution in [-0.2, 0) is 11.2 Å². The van der Waals surface area contributed by atoms with Gasteiger partial charge in [0.05, 0.1) is 5.41 Å². The number of nitrogens with two attached hydrogens (primary N) is 1. The summed E-state index contributed by atoms with van der Waals surface area (Å²) < 4.78 is 0. The van der Waals surface area contributed by atoms with Crippen LogP contribution in [0.1, 0.15) is 31.2 Å². The molecule has 1 aliphatic carbocycles. The Morgan fingerprint density at radius 3 is 2.62 bits per heavy atom. The lowest BCUT2D eigenvalue weighted by molar-refractivity contribution is -0.127. The second-order valence-corrected chi connectivity index (χ2v) is 5.09. The Morgan fingerprint density at radius 1 is 1.38 bits per heavy atom. The molecule has 1 saturated carbocycles. The normalized spacial score (nSPS) is 18.6. The van der Waals surface area contributed by atoms with Gasteiger partial charge in [-0.15, -0.1) is 0 Å². The lowest BCUT2D eigenvalue weighted by Crippen LogP contribution is -2.36. The highest BCUT2D eigenvalue weighted by molar-refractivity contribution is 6.30. The van der Waals surface area contributed by atoms with E-state index < -0.39 is 0 Å². The lowest BCUT2D eigenvalue weighted by atomic mass is 9.79. The van der Waals surface area contributed by atoms with E-state index in [0.29, 0.717) is 0 Å². The maximum Gasteiger partial charge on any atom is 0.223 e. The summed E-state index contributed by atoms with van der Waals surface area (Å²) in [5.74, 6) is -0.162. The van der Waals surface area contributed by atoms with Gasteiger partial charge < -0.3 is 5.73 Å². The molecule has 2 N–H and O–H groups in total. The summed E-state index contributed by atoms with van der Waals surface area (Å²) in [4.78, 5) is 11.6. The number of hydrogen-bond acceptors (Lipinski definition) is 1. The van der Waals surface area contributed by atoms with Crippen molar-refractivity contribution >= 4 is 17.5 Å². The molecule has 3 heteroatoms. The van der Waals surface area contributed by atoms with Gasteiger partial charge in [0, 0.05) is 5.02 Å². The van der Waals surface area contributed by atoms with Gasteiger partial charge in [0.25, 0.3) is 0 Å². The Kier molecular flexibility index (Phi) is 3.20. The molecule has 0 aliphatic heterocycles. The molecule has 2 rings (SSSR count). The minimum absolute atomic E-state index is 0.162. The highest BCUT2D eigenvalue weighted by Gasteiger charge is 2.39. The maximum absolute atomic E-state index is 11.6. The molecule has 0 bridgehead atoms. The number of carbonyl (C=O) groups is 1. The van der Waals surface area contributed by atoms with Gasteiger partial charge in [-0.3, -0.25) is 4.79 Å². The summed E-state index contributed by atoms with van der Waals surface area (Å²) in [6.07, 6.45) is 4.75. The summed E-state index contributed by atoms with van der Waals surface area (Å²) in [6.45, 7) is 0. The predicted molar refractivity (Wildman–Crippen MR) is 65.3 cm³/mol. The highest BCUT2D eigenvalue weighted by Crippen LogP contribution is 2.40. The van der Waals surface area contributed by atoms with Crippen LogP contribution >= 0.6 is 11.6 Å². The topological polar surface area (TPSA) is 43.1 Å². The Hall–Kier alpha value is -1.02. The first-order valence-electron chi connectivity index (χ1n) is 5.67. The average molecular weight is 238 g/mol. The fraction of sp³-hybridized carbons (Fsp3) is 0.462. The molecular formula is C13H16ClNO. The molecule has 0 heterocycles. The van der Waals surface area contributed by atoms with Crippen molar-refractivity contribution in [1.29, 1.82) is 0 Å². The minimum Gasteiger partial charge on any atom is -0.369 e. The van der Waals surface area contributed by atoms with Gasteiger partial charge in [0.1, 0.15) is 0 Å². The third-order valence-corrected chi connectivity index (χ3v) is 3.75. The number of rotatable bonds is 3. The van der Waals surface area contributed by atoms with Crippen LogP contribution in [0, 0.1) is 5.41 Å². The second-order valence-electron chi connectivity index (χ2n) is 4.66. The SMILES string of the molecule is NC(=O)C1(Cc2cccc(Cl)c2)CCCC1. The van der Waals surface area contributed by atoms with Crippen LogP contribution in [0.2, 0.25) is 5.02 Å². The molecule has 1 aromatic rings. The van der Waals surface area contributed by atoms with E-state index >= 15 is 0 Å². The van der Waals surface area contributed by atoms with Crippen molar-refractivity contribution in [3.05, 3.63) is 34.9 Å². The highest BCUT2D eigenvalue weighted by atomic mass is 35.5. The van der Waals surface area contributed by atoms with Gasteiger partial charge in [-0.2, -0.15) is 0 Å². The number of benzene rings is 1. The van der Waals surface area contributed by atoms with Crippen molar-refractivity contribution in [3.8, 4) is 0 Å². The van der Waals surface area contributed by atoms with Crippen LogP contribution in [0.25, 0.3) is 0 Å². The van der Waals surface area contributed by atoms with E-state index in [4.69, 9.17) is 17.3 Å². The van der Waals surface area contributed by atoms with Gasteiger partial charge in [-0.05, 0) is 37.0 Å². The molecule has 1 fully saturated rings. The number of carbonyl (C=O) groups excluding carboxylic acids is 1. The third kappa shape index (κ3) is 2.22. The van der Waals surface area contributed by atoms with Crippen molar-refractivity contribution in [1.82, 2.24) is 0 Å². The lowest BCUT2D eigenvalue weighted by Gasteiger charge is -2.25. The van der Waals surface area contributed by atoms with Crippen LogP contribution in [0.4, 0.5) is 0 Å². The van der Waals surface area contributed by atoms with Crippen molar-refractivity contribution in [2.24, 2.45) is 11.1 Å². The quantitative estimate of drug-likeness (QED) is 0.863. The molecular weight excluding hydrogens is 222 g/mol. The number of primary amides is 1. The van der Waals surface area contributed by atoms with E-state index in [9.17, 15) is 4.79 Å². The molecule has 1 aliphatic rings. The minimum atomic E-state index is -0.329. The molecule has 0 spiro atoms. The molecule has 0 radical (unpaired) electrons. The Labute approximate surface area is 101 Å². The fourth-order valence-electron chi connectivity index (χ4n) is 2.60. The number of amides is 1. The zero-order valence-electron chi connectivity index (χ0n) is 9.21. The monoisotopic (exact) mass is 237 g/mol. The zero-order valence-corrected chi connectivity index (χ0v) is 9.96. The van der Waals surface area contributed by atoms with Crippen LogP contribution in [-0.4, -0.2) is 5.91 Å². The summed E-state index contributed by atoms with van der Waals surface area (Å²) in [5.41, 5.74) is 6.32. The second kappa shape index (κ2) is 4.46. The molecule has 0 saturated heterocycles. The summed E-state index contributed by atoms with van der Waals surface area (Å²) in [7, 11) is 0. The van der Waals surface area contributed by atoms with Gasteiger partial charge in [-0.1, -0.05) is 36.6 Å². The molecule has 0 unspecified atom stereocenters. The molecule has 0 atom stereocenters. The van der Waals surface area contributed by atoms with Crippen LogP contribution in [0.3, 0.4) is 0 Å². The average Bonchev–Trinajstić information content (AvgIpc) is 2.67. The van der Waals surface area contributed by atoms with Crippen molar-refractivity contribution in [2.75, 3.05) is 0 Å². The summed E-state index contributed by atoms with van der Waals surface area (Å²) in [6, 6.07) is 7.69. The van der Waals surface area contributed by atoms with Crippen LogP contribution < -0.4 is 5.73 Å². The predicted octanol–water partition coefficient (Wildman–Crippen LogP) is 2.93. The molecule has 0 aromatic heterocycles. The third-order valence-electron chi connectivity index (χ3n) is 3.51. The summed E-state index contributed by atoms with van der Waals surface area (Å²) >= 11 is 5.94. The molecule has 2 nitrogen and oxygen atoms in total. The van der Waals surface area contributed by atoms with Crippen molar-refractivity contribution in [2.45, 2.75) is 32.1 Å². The van der Waals surface area contributed by atoms with Crippen molar-refractivity contribution in [3.63, 3.8) is 0 Å². The Balaban J connectivity index is 2.21. The van der Waals surface area contributed by atoms with E-state index in [0.717, 1.165) is 42.7 Å². The zero-order chi connectivity index (χ0) is 11.6. The number of halogens is 1. The van der Waals surface area contributed by atoms with Crippen LogP contribution in [0.5, 0.6) is 0 Å². The molecule has 16 heavy (non-hydrogen) atoms. The maximum atomic E-state index is 11.6. The summed E-state index contributed by atoms with van der Waals surface area (Å²) in [5, 5.41) is 0.718. The van der Waals surface area contributed by atoms with Crippen molar-refractivity contribution < 1.29 is 4.79 Å². The Morgan fingerprint density at radius 2 is 2.06 bits per heavy atom. The standard InChI is InChI=1S/C13H16ClNO/c14-11-5-3-4-10(8-11)9-13(12(15)16)6-1-2-7-13/h3-5,8H,1-2,6-7,9H2,(H2,15,16). The molecule has 1 amide bonds. The van der Waals surface area contributed by atoms with Gasteiger partial charge in [0.15, 0.2) is 0 Å². The Bertz CT molecular complexity index is 397. The first-order valence-corrected chi connectivity index (χ1v) is 6.05. The van der Waals surface area contributed by atoms with Gasteiger partial charge >= 0.3 is 0 Å². The van der Waals surface area contributed by atoms with E-state index in [1.54, 1.807) is 0 Å². The van der Waals surface area contributed by atoms with E-state index in [-0.39, 0.29) is 11.3 Å². The van der Waals surface area contributed by atoms with Gasteiger partial charge in [-0.25, -0.2) is 0 Å². The fourth-order valence-corrected chi connectivity index (χ4v) is 2.81. The van der Waals surface area contributed by atoms with E-state index in [1.807, 2.05) is 24.3 Å². The largest absolute Gasteiger partial charge is 0.369 e. The molecule has 1 aromatic carbocycles. The van der Waals surface area contributed by atoms with Gasteiger partial charge in [0.2, 0.25) is 5.91 Å². The van der Waals surface area contributed by atoms with E-state index in [1.165, 1.54) is 0 Å².